The summed E-state index contributed by atoms with van der Waals surface area (Å²) in [5.41, 5.74) is 2.13. The number of phenolic OH excluding ortho intramolecular Hbond substituents is 1. The first kappa shape index (κ1) is 13.9. The Morgan fingerprint density at radius 2 is 1.84 bits per heavy atom. The lowest BCUT2D eigenvalue weighted by atomic mass is 10.0. The van der Waals surface area contributed by atoms with Gasteiger partial charge in [0.05, 0.1) is 17.8 Å². The molecule has 4 heteroatoms. The Balaban J connectivity index is 2.27. The fourth-order valence-corrected chi connectivity index (χ4v) is 2.49. The van der Waals surface area contributed by atoms with Gasteiger partial charge in [0.25, 0.3) is 5.91 Å². The smallest absolute Gasteiger partial charge is 0.257 e. The topological polar surface area (TPSA) is 49.8 Å². The van der Waals surface area contributed by atoms with Crippen LogP contribution in [0.2, 0.25) is 0 Å². The molecule has 19 heavy (non-hydrogen) atoms. The van der Waals surface area contributed by atoms with Crippen LogP contribution in [0.1, 0.15) is 35.3 Å². The summed E-state index contributed by atoms with van der Waals surface area (Å²) in [5.74, 6) is -0.0283. The van der Waals surface area contributed by atoms with E-state index in [0.29, 0.717) is 18.7 Å². The highest BCUT2D eigenvalue weighted by atomic mass is 16.5. The van der Waals surface area contributed by atoms with E-state index in [2.05, 4.69) is 0 Å². The Hall–Kier alpha value is -1.55. The summed E-state index contributed by atoms with van der Waals surface area (Å²) < 4.78 is 5.62. The maximum Gasteiger partial charge on any atom is 0.257 e. The number of aryl methyl sites for hydroxylation is 1. The van der Waals surface area contributed by atoms with Gasteiger partial charge in [0.15, 0.2) is 0 Å². The van der Waals surface area contributed by atoms with E-state index in [1.807, 2.05) is 33.8 Å². The van der Waals surface area contributed by atoms with E-state index in [1.165, 1.54) is 0 Å². The Morgan fingerprint density at radius 3 is 2.42 bits per heavy atom. The van der Waals surface area contributed by atoms with Crippen molar-refractivity contribution in [2.24, 2.45) is 0 Å². The maximum atomic E-state index is 12.5. The molecule has 2 unspecified atom stereocenters. The summed E-state index contributed by atoms with van der Waals surface area (Å²) in [6.45, 7) is 8.78. The van der Waals surface area contributed by atoms with Gasteiger partial charge in [-0.2, -0.15) is 0 Å². The zero-order valence-electron chi connectivity index (χ0n) is 11.9. The van der Waals surface area contributed by atoms with Crippen molar-refractivity contribution in [2.45, 2.75) is 39.9 Å². The number of carbonyl (C=O) groups is 1. The number of amides is 1. The van der Waals surface area contributed by atoms with Crippen molar-refractivity contribution in [3.05, 3.63) is 28.8 Å². The minimum Gasteiger partial charge on any atom is -0.507 e. The lowest BCUT2D eigenvalue weighted by molar-refractivity contribution is -0.0586. The van der Waals surface area contributed by atoms with Gasteiger partial charge in [-0.3, -0.25) is 4.79 Å². The van der Waals surface area contributed by atoms with Gasteiger partial charge in [-0.15, -0.1) is 0 Å². The number of nitrogens with zero attached hydrogens (tertiary/aromatic N) is 1. The van der Waals surface area contributed by atoms with E-state index in [0.717, 1.165) is 11.1 Å². The van der Waals surface area contributed by atoms with Crippen molar-refractivity contribution in [1.29, 1.82) is 0 Å². The summed E-state index contributed by atoms with van der Waals surface area (Å²) in [4.78, 5) is 14.2. The van der Waals surface area contributed by atoms with Crippen LogP contribution in [0.15, 0.2) is 12.1 Å². The summed E-state index contributed by atoms with van der Waals surface area (Å²) >= 11 is 0. The highest BCUT2D eigenvalue weighted by Gasteiger charge is 2.28. The van der Waals surface area contributed by atoms with Crippen LogP contribution in [0.25, 0.3) is 0 Å². The van der Waals surface area contributed by atoms with E-state index >= 15 is 0 Å². The predicted molar refractivity (Wildman–Crippen MR) is 73.5 cm³/mol. The number of aromatic hydroxyl groups is 1. The molecule has 1 aromatic rings. The fraction of sp³-hybridized carbons (Fsp3) is 0.533. The zero-order chi connectivity index (χ0) is 14.2. The van der Waals surface area contributed by atoms with Crippen molar-refractivity contribution >= 4 is 5.91 Å². The highest BCUT2D eigenvalue weighted by Crippen LogP contribution is 2.27. The van der Waals surface area contributed by atoms with Gasteiger partial charge in [-0.25, -0.2) is 0 Å². The van der Waals surface area contributed by atoms with Gasteiger partial charge < -0.3 is 14.7 Å². The normalized spacial score (nSPS) is 23.5. The van der Waals surface area contributed by atoms with Gasteiger partial charge in [0.1, 0.15) is 5.75 Å². The molecule has 0 spiro atoms. The average Bonchev–Trinajstić information content (AvgIpc) is 2.34. The number of carbonyl (C=O) groups excluding carboxylic acids is 1. The summed E-state index contributed by atoms with van der Waals surface area (Å²) in [6, 6.07) is 3.57. The molecule has 2 rings (SSSR count). The third-order valence-corrected chi connectivity index (χ3v) is 3.64. The number of hydrogen-bond donors (Lipinski definition) is 1. The molecule has 4 nitrogen and oxygen atoms in total. The molecule has 1 heterocycles. The predicted octanol–water partition coefficient (Wildman–Crippen LogP) is 2.26. The van der Waals surface area contributed by atoms with E-state index < -0.39 is 0 Å². The van der Waals surface area contributed by atoms with Crippen molar-refractivity contribution in [3.63, 3.8) is 0 Å². The van der Waals surface area contributed by atoms with Crippen LogP contribution >= 0.6 is 0 Å². The first-order valence-electron chi connectivity index (χ1n) is 6.64. The van der Waals surface area contributed by atoms with E-state index in [-0.39, 0.29) is 23.9 Å². The number of ether oxygens (including phenoxy) is 1. The fourth-order valence-electron chi connectivity index (χ4n) is 2.49. The second-order valence-electron chi connectivity index (χ2n) is 5.37. The highest BCUT2D eigenvalue weighted by molar-refractivity contribution is 5.97. The maximum absolute atomic E-state index is 12.5. The number of phenols is 1. The molecule has 1 fully saturated rings. The lowest BCUT2D eigenvalue weighted by Gasteiger charge is -2.35. The Labute approximate surface area is 114 Å². The molecule has 104 valence electrons. The third kappa shape index (κ3) is 2.73. The van der Waals surface area contributed by atoms with Crippen LogP contribution in [0.3, 0.4) is 0 Å². The van der Waals surface area contributed by atoms with Crippen molar-refractivity contribution in [1.82, 2.24) is 4.90 Å². The summed E-state index contributed by atoms with van der Waals surface area (Å²) in [5, 5.41) is 10.1. The van der Waals surface area contributed by atoms with Crippen molar-refractivity contribution in [3.8, 4) is 5.75 Å². The second-order valence-corrected chi connectivity index (χ2v) is 5.37. The third-order valence-electron chi connectivity index (χ3n) is 3.64. The van der Waals surface area contributed by atoms with Crippen LogP contribution in [0, 0.1) is 13.8 Å². The van der Waals surface area contributed by atoms with E-state index in [9.17, 15) is 9.90 Å². The van der Waals surface area contributed by atoms with Gasteiger partial charge >= 0.3 is 0 Å². The monoisotopic (exact) mass is 263 g/mol. The van der Waals surface area contributed by atoms with Gasteiger partial charge in [0, 0.05) is 13.1 Å². The molecule has 0 bridgehead atoms. The SMILES string of the molecule is Cc1ccc(C(=O)N2CC(C)OC(C)C2)c(O)c1C. The van der Waals surface area contributed by atoms with Crippen molar-refractivity contribution < 1.29 is 14.6 Å². The minimum atomic E-state index is -0.123. The number of benzene rings is 1. The summed E-state index contributed by atoms with van der Waals surface area (Å²) in [7, 11) is 0. The number of morpholine rings is 1. The molecule has 1 aliphatic rings. The average molecular weight is 263 g/mol. The first-order chi connectivity index (χ1) is 8.90. The van der Waals surface area contributed by atoms with Crippen LogP contribution in [-0.2, 0) is 4.74 Å². The largest absolute Gasteiger partial charge is 0.507 e. The van der Waals surface area contributed by atoms with Crippen LogP contribution in [-0.4, -0.2) is 41.2 Å². The minimum absolute atomic E-state index is 0.0291. The van der Waals surface area contributed by atoms with Gasteiger partial charge in [0.2, 0.25) is 0 Å². The molecule has 1 amide bonds. The molecule has 1 aromatic carbocycles. The van der Waals surface area contributed by atoms with Gasteiger partial charge in [-0.1, -0.05) is 6.07 Å². The molecule has 2 atom stereocenters. The Kier molecular flexibility index (Phi) is 3.80. The second kappa shape index (κ2) is 5.21. The van der Waals surface area contributed by atoms with E-state index in [1.54, 1.807) is 11.0 Å². The molecular weight excluding hydrogens is 242 g/mol. The van der Waals surface area contributed by atoms with Crippen LogP contribution in [0.5, 0.6) is 5.75 Å². The van der Waals surface area contributed by atoms with Gasteiger partial charge in [-0.05, 0) is 44.9 Å². The molecular formula is C15H21NO3. The molecule has 0 aromatic heterocycles. The molecule has 1 aliphatic heterocycles. The Bertz CT molecular complexity index is 488. The zero-order valence-corrected chi connectivity index (χ0v) is 11.9. The van der Waals surface area contributed by atoms with E-state index in [4.69, 9.17) is 4.74 Å². The molecule has 1 N–H and O–H groups in total. The lowest BCUT2D eigenvalue weighted by Crippen LogP contribution is -2.48. The standard InChI is InChI=1S/C15H21NO3/c1-9-5-6-13(14(17)12(9)4)15(18)16-7-10(2)19-11(3)8-16/h5-6,10-11,17H,7-8H2,1-4H3. The molecule has 0 saturated carbocycles. The number of rotatable bonds is 1. The molecule has 0 radical (unpaired) electrons. The number of hydrogen-bond acceptors (Lipinski definition) is 3. The summed E-state index contributed by atoms with van der Waals surface area (Å²) in [6.07, 6.45) is 0.0581. The molecule has 0 aliphatic carbocycles. The quantitative estimate of drug-likeness (QED) is 0.845. The van der Waals surface area contributed by atoms with Crippen LogP contribution < -0.4 is 0 Å². The molecule has 1 saturated heterocycles. The Morgan fingerprint density at radius 1 is 1.26 bits per heavy atom. The first-order valence-corrected chi connectivity index (χ1v) is 6.64. The van der Waals surface area contributed by atoms with Crippen LogP contribution in [0.4, 0.5) is 0 Å². The van der Waals surface area contributed by atoms with Crippen molar-refractivity contribution in [2.75, 3.05) is 13.1 Å².